The van der Waals surface area contributed by atoms with Gasteiger partial charge in [0.1, 0.15) is 5.15 Å². The van der Waals surface area contributed by atoms with Crippen molar-refractivity contribution in [2.45, 2.75) is 46.5 Å². The molecule has 3 heteroatoms. The Morgan fingerprint density at radius 2 is 1.71 bits per heavy atom. The van der Waals surface area contributed by atoms with E-state index in [2.05, 4.69) is 29.8 Å². The summed E-state index contributed by atoms with van der Waals surface area (Å²) < 4.78 is 0. The smallest absolute Gasteiger partial charge is 0.129 e. The topological polar surface area (TPSA) is 16.1 Å². The average molecular weight is 255 g/mol. The first-order chi connectivity index (χ1) is 8.19. The van der Waals surface area contributed by atoms with E-state index in [1.807, 2.05) is 13.0 Å². The number of halogens is 1. The van der Waals surface area contributed by atoms with E-state index >= 15 is 0 Å². The summed E-state index contributed by atoms with van der Waals surface area (Å²) in [4.78, 5) is 6.77. The molecule has 96 valence electrons. The lowest BCUT2D eigenvalue weighted by molar-refractivity contribution is 0.675. The van der Waals surface area contributed by atoms with Gasteiger partial charge in [0.15, 0.2) is 0 Å². The number of unbranched alkanes of at least 4 members (excludes halogenated alkanes) is 2. The van der Waals surface area contributed by atoms with Crippen LogP contribution in [0.2, 0.25) is 5.15 Å². The maximum atomic E-state index is 5.90. The van der Waals surface area contributed by atoms with Crippen LogP contribution >= 0.6 is 11.6 Å². The second-order valence-corrected chi connectivity index (χ2v) is 4.82. The predicted molar refractivity (Wildman–Crippen MR) is 76.0 cm³/mol. The van der Waals surface area contributed by atoms with E-state index in [1.54, 1.807) is 0 Å². The van der Waals surface area contributed by atoms with E-state index < -0.39 is 0 Å². The van der Waals surface area contributed by atoms with Gasteiger partial charge in [-0.1, -0.05) is 38.3 Å². The molecule has 1 aromatic heterocycles. The Morgan fingerprint density at radius 3 is 2.18 bits per heavy atom. The first-order valence-corrected chi connectivity index (χ1v) is 6.95. The summed E-state index contributed by atoms with van der Waals surface area (Å²) in [6, 6.07) is 3.98. The number of hydrogen-bond donors (Lipinski definition) is 0. The molecule has 0 fully saturated rings. The predicted octanol–water partition coefficient (Wildman–Crippen LogP) is 4.45. The van der Waals surface area contributed by atoms with Gasteiger partial charge in [-0.05, 0) is 31.9 Å². The normalized spacial score (nSPS) is 10.6. The van der Waals surface area contributed by atoms with Crippen LogP contribution in [0, 0.1) is 6.92 Å². The van der Waals surface area contributed by atoms with E-state index in [0.717, 1.165) is 18.8 Å². The van der Waals surface area contributed by atoms with Crippen molar-refractivity contribution >= 4 is 17.3 Å². The minimum atomic E-state index is 0.581. The summed E-state index contributed by atoms with van der Waals surface area (Å²) in [5, 5.41) is 0.581. The van der Waals surface area contributed by atoms with Gasteiger partial charge in [0.05, 0.1) is 11.4 Å². The van der Waals surface area contributed by atoms with Crippen LogP contribution in [0.4, 0.5) is 5.69 Å². The Labute approximate surface area is 110 Å². The Bertz CT molecular complexity index is 331. The molecule has 0 bridgehead atoms. The maximum Gasteiger partial charge on any atom is 0.129 e. The first-order valence-electron chi connectivity index (χ1n) is 6.57. The number of anilines is 1. The summed E-state index contributed by atoms with van der Waals surface area (Å²) in [6.45, 7) is 8.71. The molecule has 0 unspecified atom stereocenters. The summed E-state index contributed by atoms with van der Waals surface area (Å²) in [6.07, 6.45) is 4.91. The minimum absolute atomic E-state index is 0.581. The third-order valence-corrected chi connectivity index (χ3v) is 3.14. The Hall–Kier alpha value is -0.760. The van der Waals surface area contributed by atoms with Crippen LogP contribution in [0.3, 0.4) is 0 Å². The zero-order valence-electron chi connectivity index (χ0n) is 11.2. The van der Waals surface area contributed by atoms with Crippen molar-refractivity contribution in [1.29, 1.82) is 0 Å². The SMILES string of the molecule is CCCCN(CCCC)c1ccc(Cl)nc1C. The van der Waals surface area contributed by atoms with Gasteiger partial charge in [0, 0.05) is 13.1 Å². The number of aryl methyl sites for hydroxylation is 1. The first kappa shape index (κ1) is 14.3. The Balaban J connectivity index is 2.79. The van der Waals surface area contributed by atoms with Gasteiger partial charge >= 0.3 is 0 Å². The quantitative estimate of drug-likeness (QED) is 0.669. The van der Waals surface area contributed by atoms with Crippen molar-refractivity contribution < 1.29 is 0 Å². The van der Waals surface area contributed by atoms with Crippen molar-refractivity contribution in [3.8, 4) is 0 Å². The van der Waals surface area contributed by atoms with Gasteiger partial charge in [-0.2, -0.15) is 0 Å². The van der Waals surface area contributed by atoms with Gasteiger partial charge in [-0.15, -0.1) is 0 Å². The van der Waals surface area contributed by atoms with Crippen LogP contribution in [-0.2, 0) is 0 Å². The van der Waals surface area contributed by atoms with Crippen molar-refractivity contribution in [2.75, 3.05) is 18.0 Å². The molecule has 0 aliphatic rings. The molecule has 0 atom stereocenters. The van der Waals surface area contributed by atoms with E-state index in [-0.39, 0.29) is 0 Å². The highest BCUT2D eigenvalue weighted by Gasteiger charge is 2.09. The van der Waals surface area contributed by atoms with Gasteiger partial charge in [-0.25, -0.2) is 4.98 Å². The van der Waals surface area contributed by atoms with Gasteiger partial charge in [-0.3, -0.25) is 0 Å². The molecule has 0 aliphatic heterocycles. The fourth-order valence-corrected chi connectivity index (χ4v) is 2.10. The molecule has 0 saturated heterocycles. The average Bonchev–Trinajstić information content (AvgIpc) is 2.30. The highest BCUT2D eigenvalue weighted by atomic mass is 35.5. The third-order valence-electron chi connectivity index (χ3n) is 2.93. The fourth-order valence-electron chi connectivity index (χ4n) is 1.91. The molecule has 0 radical (unpaired) electrons. The van der Waals surface area contributed by atoms with Crippen molar-refractivity contribution in [3.05, 3.63) is 23.0 Å². The maximum absolute atomic E-state index is 5.90. The molecule has 0 aliphatic carbocycles. The summed E-state index contributed by atoms with van der Waals surface area (Å²) in [5.41, 5.74) is 2.26. The zero-order valence-corrected chi connectivity index (χ0v) is 11.9. The van der Waals surface area contributed by atoms with Crippen molar-refractivity contribution in [3.63, 3.8) is 0 Å². The number of aromatic nitrogens is 1. The van der Waals surface area contributed by atoms with E-state index in [4.69, 9.17) is 11.6 Å². The van der Waals surface area contributed by atoms with Crippen LogP contribution < -0.4 is 4.90 Å². The van der Waals surface area contributed by atoms with Crippen LogP contribution in [0.1, 0.15) is 45.2 Å². The highest BCUT2D eigenvalue weighted by Crippen LogP contribution is 2.21. The number of nitrogens with zero attached hydrogens (tertiary/aromatic N) is 2. The molecule has 0 saturated carbocycles. The monoisotopic (exact) mass is 254 g/mol. The number of rotatable bonds is 7. The van der Waals surface area contributed by atoms with Crippen LogP contribution in [0.15, 0.2) is 12.1 Å². The van der Waals surface area contributed by atoms with Gasteiger partial charge in [0.25, 0.3) is 0 Å². The Morgan fingerprint density at radius 1 is 1.12 bits per heavy atom. The summed E-state index contributed by atoms with van der Waals surface area (Å²) in [5.74, 6) is 0. The van der Waals surface area contributed by atoms with E-state index in [9.17, 15) is 0 Å². The molecule has 1 aromatic rings. The summed E-state index contributed by atoms with van der Waals surface area (Å²) in [7, 11) is 0. The fraction of sp³-hybridized carbons (Fsp3) is 0.643. The molecular formula is C14H23ClN2. The second kappa shape index (κ2) is 7.54. The van der Waals surface area contributed by atoms with Crippen molar-refractivity contribution in [1.82, 2.24) is 4.98 Å². The molecule has 0 aromatic carbocycles. The molecule has 17 heavy (non-hydrogen) atoms. The molecule has 1 rings (SSSR count). The molecular weight excluding hydrogens is 232 g/mol. The van der Waals surface area contributed by atoms with Gasteiger partial charge < -0.3 is 4.90 Å². The molecule has 1 heterocycles. The standard InChI is InChI=1S/C14H23ClN2/c1-4-6-10-17(11-7-5-2)13-8-9-14(15)16-12(13)3/h8-9H,4-7,10-11H2,1-3H3. The molecule has 0 amide bonds. The largest absolute Gasteiger partial charge is 0.370 e. The highest BCUT2D eigenvalue weighted by molar-refractivity contribution is 6.29. The molecule has 2 nitrogen and oxygen atoms in total. The number of hydrogen-bond acceptors (Lipinski definition) is 2. The molecule has 0 spiro atoms. The molecule has 0 N–H and O–H groups in total. The minimum Gasteiger partial charge on any atom is -0.370 e. The zero-order chi connectivity index (χ0) is 12.7. The van der Waals surface area contributed by atoms with E-state index in [1.165, 1.54) is 31.4 Å². The summed E-state index contributed by atoms with van der Waals surface area (Å²) >= 11 is 5.90. The van der Waals surface area contributed by atoms with Crippen molar-refractivity contribution in [2.24, 2.45) is 0 Å². The lowest BCUT2D eigenvalue weighted by Crippen LogP contribution is -2.26. The number of pyridine rings is 1. The van der Waals surface area contributed by atoms with Gasteiger partial charge in [0.2, 0.25) is 0 Å². The van der Waals surface area contributed by atoms with Crippen LogP contribution in [0.5, 0.6) is 0 Å². The van der Waals surface area contributed by atoms with E-state index in [0.29, 0.717) is 5.15 Å². The third kappa shape index (κ3) is 4.55. The lowest BCUT2D eigenvalue weighted by atomic mass is 10.2. The second-order valence-electron chi connectivity index (χ2n) is 4.43. The van der Waals surface area contributed by atoms with Crippen LogP contribution in [-0.4, -0.2) is 18.1 Å². The Kier molecular flexibility index (Phi) is 6.35. The van der Waals surface area contributed by atoms with Crippen LogP contribution in [0.25, 0.3) is 0 Å². The lowest BCUT2D eigenvalue weighted by Gasteiger charge is -2.25.